The lowest BCUT2D eigenvalue weighted by molar-refractivity contribution is -0.373. The number of nitrogens with one attached hydrogen (secondary N) is 1. The number of carbonyl (C=O) groups is 1. The van der Waals surface area contributed by atoms with Crippen LogP contribution in [-0.4, -0.2) is 41.3 Å². The van der Waals surface area contributed by atoms with Crippen LogP contribution < -0.4 is 10.2 Å². The van der Waals surface area contributed by atoms with Gasteiger partial charge in [0.15, 0.2) is 11.6 Å². The first-order valence-electron chi connectivity index (χ1n) is 7.52. The second-order valence-electron chi connectivity index (χ2n) is 6.05. The average molecular weight is 437 g/mol. The van der Waals surface area contributed by atoms with Crippen LogP contribution in [0.3, 0.4) is 0 Å². The molecule has 1 aromatic rings. The van der Waals surface area contributed by atoms with Crippen LogP contribution in [0.25, 0.3) is 0 Å². The SMILES string of the molecule is CC1CC(=O)NN=C1c1cc(F)c(OCC(O)(C(F)(F)F)C(F)(F)F)c(Cl)c1. The highest BCUT2D eigenvalue weighted by Gasteiger charge is 2.71. The molecule has 28 heavy (non-hydrogen) atoms. The van der Waals surface area contributed by atoms with Gasteiger partial charge >= 0.3 is 12.4 Å². The molecule has 1 atom stereocenters. The van der Waals surface area contributed by atoms with Crippen LogP contribution in [0.15, 0.2) is 17.2 Å². The van der Waals surface area contributed by atoms with Gasteiger partial charge in [-0.3, -0.25) is 4.79 Å². The molecule has 2 rings (SSSR count). The van der Waals surface area contributed by atoms with Gasteiger partial charge in [-0.2, -0.15) is 31.4 Å². The summed E-state index contributed by atoms with van der Waals surface area (Å²) >= 11 is 5.74. The third-order valence-corrected chi connectivity index (χ3v) is 4.20. The summed E-state index contributed by atoms with van der Waals surface area (Å²) in [7, 11) is 0. The van der Waals surface area contributed by atoms with E-state index in [1.807, 2.05) is 0 Å². The van der Waals surface area contributed by atoms with E-state index in [0.717, 1.165) is 12.1 Å². The van der Waals surface area contributed by atoms with Crippen molar-refractivity contribution >= 4 is 23.2 Å². The summed E-state index contributed by atoms with van der Waals surface area (Å²) in [5.74, 6) is -3.32. The minimum absolute atomic E-state index is 0.0283. The number of aliphatic hydroxyl groups is 1. The zero-order valence-corrected chi connectivity index (χ0v) is 14.6. The number of ether oxygens (including phenoxy) is 1. The molecular formula is C15H12ClF7N2O3. The van der Waals surface area contributed by atoms with Gasteiger partial charge in [0.25, 0.3) is 5.60 Å². The summed E-state index contributed by atoms with van der Waals surface area (Å²) in [6.45, 7) is -0.760. The van der Waals surface area contributed by atoms with Crippen molar-refractivity contribution in [1.29, 1.82) is 0 Å². The highest BCUT2D eigenvalue weighted by Crippen LogP contribution is 2.44. The monoisotopic (exact) mass is 436 g/mol. The van der Waals surface area contributed by atoms with Crippen molar-refractivity contribution < 1.29 is 45.4 Å². The molecule has 0 aromatic heterocycles. The maximum absolute atomic E-state index is 14.2. The Labute approximate surface area is 158 Å². The van der Waals surface area contributed by atoms with Crippen molar-refractivity contribution in [3.63, 3.8) is 0 Å². The molecule has 1 aliphatic heterocycles. The van der Waals surface area contributed by atoms with Crippen molar-refractivity contribution in [2.24, 2.45) is 11.0 Å². The third-order valence-electron chi connectivity index (χ3n) is 3.92. The van der Waals surface area contributed by atoms with Crippen molar-refractivity contribution in [2.45, 2.75) is 31.3 Å². The zero-order valence-electron chi connectivity index (χ0n) is 13.9. The van der Waals surface area contributed by atoms with Crippen LogP contribution in [0.4, 0.5) is 30.7 Å². The smallest absolute Gasteiger partial charge is 0.429 e. The van der Waals surface area contributed by atoms with Gasteiger partial charge in [0.2, 0.25) is 5.91 Å². The normalized spacial score (nSPS) is 18.6. The number of halogens is 8. The molecule has 1 aromatic carbocycles. The Kier molecular flexibility index (Phi) is 5.86. The minimum Gasteiger partial charge on any atom is -0.485 e. The van der Waals surface area contributed by atoms with Crippen LogP contribution in [0.1, 0.15) is 18.9 Å². The maximum atomic E-state index is 14.2. The average Bonchev–Trinajstić information content (AvgIpc) is 2.51. The zero-order chi connectivity index (χ0) is 21.5. The molecule has 1 aliphatic rings. The standard InChI is InChI=1S/C15H12ClF7N2O3/c1-6-2-10(26)24-25-11(6)7-3-8(16)12(9(17)4-7)28-5-13(27,14(18,19)20)15(21,22)23/h3-4,6,27H,2,5H2,1H3,(H,24,26). The predicted molar refractivity (Wildman–Crippen MR) is 82.4 cm³/mol. The largest absolute Gasteiger partial charge is 0.485 e. The van der Waals surface area contributed by atoms with Crippen molar-refractivity contribution in [3.8, 4) is 5.75 Å². The predicted octanol–water partition coefficient (Wildman–Crippen LogP) is 3.57. The first kappa shape index (κ1) is 22.2. The summed E-state index contributed by atoms with van der Waals surface area (Å²) in [6, 6.07) is 1.74. The van der Waals surface area contributed by atoms with Gasteiger partial charge < -0.3 is 9.84 Å². The van der Waals surface area contributed by atoms with E-state index in [-0.39, 0.29) is 23.6 Å². The summed E-state index contributed by atoms with van der Waals surface area (Å²) in [5.41, 5.74) is -2.81. The van der Waals surface area contributed by atoms with Gasteiger partial charge in [0.05, 0.1) is 10.7 Å². The number of nitrogens with zero attached hydrogens (tertiary/aromatic N) is 1. The number of hydrazone groups is 1. The molecule has 0 bridgehead atoms. The molecule has 0 fully saturated rings. The fourth-order valence-corrected chi connectivity index (χ4v) is 2.61. The minimum atomic E-state index is -6.13. The van der Waals surface area contributed by atoms with E-state index in [1.54, 1.807) is 6.92 Å². The van der Waals surface area contributed by atoms with Gasteiger partial charge in [0.1, 0.15) is 6.61 Å². The molecular weight excluding hydrogens is 425 g/mol. The van der Waals surface area contributed by atoms with Crippen molar-refractivity contribution in [1.82, 2.24) is 5.43 Å². The van der Waals surface area contributed by atoms with Crippen molar-refractivity contribution in [3.05, 3.63) is 28.5 Å². The molecule has 0 aliphatic carbocycles. The number of hydrogen-bond donors (Lipinski definition) is 2. The molecule has 1 unspecified atom stereocenters. The molecule has 1 heterocycles. The number of carbonyl (C=O) groups excluding carboxylic acids is 1. The number of hydrogen-bond acceptors (Lipinski definition) is 4. The molecule has 0 radical (unpaired) electrons. The molecule has 0 spiro atoms. The lowest BCUT2D eigenvalue weighted by Gasteiger charge is -2.32. The first-order chi connectivity index (χ1) is 12.7. The van der Waals surface area contributed by atoms with Crippen LogP contribution in [0.5, 0.6) is 5.75 Å². The van der Waals surface area contributed by atoms with E-state index in [0.29, 0.717) is 0 Å². The maximum Gasteiger partial charge on any atom is 0.429 e. The molecule has 156 valence electrons. The summed E-state index contributed by atoms with van der Waals surface area (Å²) in [6.07, 6.45) is -12.2. The Morgan fingerprint density at radius 2 is 1.82 bits per heavy atom. The number of rotatable bonds is 4. The molecule has 5 nitrogen and oxygen atoms in total. The Bertz CT molecular complexity index is 771. The summed E-state index contributed by atoms with van der Waals surface area (Å²) < 4.78 is 94.5. The second-order valence-corrected chi connectivity index (χ2v) is 6.46. The van der Waals surface area contributed by atoms with E-state index in [4.69, 9.17) is 16.7 Å². The Morgan fingerprint density at radius 3 is 2.29 bits per heavy atom. The van der Waals surface area contributed by atoms with Crippen molar-refractivity contribution in [2.75, 3.05) is 6.61 Å². The number of benzene rings is 1. The van der Waals surface area contributed by atoms with Crippen LogP contribution >= 0.6 is 11.6 Å². The lowest BCUT2D eigenvalue weighted by Crippen LogP contribution is -2.60. The molecule has 0 saturated carbocycles. The highest BCUT2D eigenvalue weighted by molar-refractivity contribution is 6.32. The summed E-state index contributed by atoms with van der Waals surface area (Å²) in [5, 5.41) is 12.1. The third kappa shape index (κ3) is 4.17. The fourth-order valence-electron chi connectivity index (χ4n) is 2.35. The Balaban J connectivity index is 2.32. The van der Waals surface area contributed by atoms with Crippen LogP contribution in [0.2, 0.25) is 5.02 Å². The van der Waals surface area contributed by atoms with Gasteiger partial charge in [0, 0.05) is 17.9 Å². The quantitative estimate of drug-likeness (QED) is 0.709. The van der Waals surface area contributed by atoms with Crippen LogP contribution in [-0.2, 0) is 4.79 Å². The van der Waals surface area contributed by atoms with Gasteiger partial charge in [-0.1, -0.05) is 18.5 Å². The lowest BCUT2D eigenvalue weighted by atomic mass is 9.94. The van der Waals surface area contributed by atoms with Crippen LogP contribution in [0, 0.1) is 11.7 Å². The second kappa shape index (κ2) is 7.39. The topological polar surface area (TPSA) is 70.9 Å². The van der Waals surface area contributed by atoms with E-state index in [9.17, 15) is 35.5 Å². The fraction of sp³-hybridized carbons (Fsp3) is 0.467. The van der Waals surface area contributed by atoms with E-state index in [2.05, 4.69) is 15.3 Å². The van der Waals surface area contributed by atoms with Gasteiger partial charge in [-0.05, 0) is 12.1 Å². The van der Waals surface area contributed by atoms with E-state index in [1.165, 1.54) is 0 Å². The number of alkyl halides is 6. The van der Waals surface area contributed by atoms with E-state index >= 15 is 0 Å². The van der Waals surface area contributed by atoms with Gasteiger partial charge in [-0.15, -0.1) is 0 Å². The Morgan fingerprint density at radius 1 is 1.25 bits per heavy atom. The number of amides is 1. The Hall–Kier alpha value is -2.08. The molecule has 13 heteroatoms. The molecule has 1 amide bonds. The summed E-state index contributed by atoms with van der Waals surface area (Å²) in [4.78, 5) is 11.2. The highest BCUT2D eigenvalue weighted by atomic mass is 35.5. The van der Waals surface area contributed by atoms with Gasteiger partial charge in [-0.25, -0.2) is 9.82 Å². The molecule has 2 N–H and O–H groups in total. The first-order valence-corrected chi connectivity index (χ1v) is 7.89. The molecule has 0 saturated heterocycles. The van der Waals surface area contributed by atoms with E-state index < -0.39 is 47.1 Å².